The van der Waals surface area contributed by atoms with Gasteiger partial charge < -0.3 is 5.32 Å². The predicted octanol–water partition coefficient (Wildman–Crippen LogP) is 4.80. The van der Waals surface area contributed by atoms with Crippen molar-refractivity contribution in [3.63, 3.8) is 0 Å². The third kappa shape index (κ3) is 4.32. The van der Waals surface area contributed by atoms with Crippen LogP contribution in [0.3, 0.4) is 0 Å². The van der Waals surface area contributed by atoms with Gasteiger partial charge in [-0.15, -0.1) is 0 Å². The number of nitrogens with one attached hydrogen (secondary N) is 1. The number of anilines is 1. The van der Waals surface area contributed by atoms with Crippen LogP contribution in [0.25, 0.3) is 0 Å². The van der Waals surface area contributed by atoms with Gasteiger partial charge >= 0.3 is 0 Å². The summed E-state index contributed by atoms with van der Waals surface area (Å²) in [6.07, 6.45) is 4.50. The number of fused-ring (bicyclic) bond motifs is 2. The topological polar surface area (TPSA) is 66.5 Å². The van der Waals surface area contributed by atoms with E-state index in [2.05, 4.69) is 5.32 Å². The molecule has 2 saturated carbocycles. The Hall–Kier alpha value is -1.76. The van der Waals surface area contributed by atoms with Gasteiger partial charge in [0.25, 0.3) is 10.0 Å². The minimum atomic E-state index is -3.97. The first-order chi connectivity index (χ1) is 14.2. The summed E-state index contributed by atoms with van der Waals surface area (Å²) < 4.78 is 27.9. The van der Waals surface area contributed by atoms with Crippen LogP contribution < -0.4 is 9.62 Å². The van der Waals surface area contributed by atoms with Crippen molar-refractivity contribution < 1.29 is 13.2 Å². The second-order valence-corrected chi connectivity index (χ2v) is 10.9. The maximum Gasteiger partial charge on any atom is 0.264 e. The van der Waals surface area contributed by atoms with Crippen molar-refractivity contribution in [3.05, 3.63) is 58.1 Å². The molecule has 30 heavy (non-hydrogen) atoms. The molecular weight excluding hydrogens is 443 g/mol. The number of rotatable bonds is 6. The number of benzene rings is 2. The molecule has 0 aliphatic heterocycles. The zero-order valence-corrected chi connectivity index (χ0v) is 19.0. The molecule has 0 spiro atoms. The third-order valence-electron chi connectivity index (χ3n) is 6.17. The van der Waals surface area contributed by atoms with Crippen molar-refractivity contribution >= 4 is 44.8 Å². The largest absolute Gasteiger partial charge is 0.352 e. The second kappa shape index (κ2) is 8.40. The smallest absolute Gasteiger partial charge is 0.264 e. The SMILES string of the molecule is Cc1ccc(S(=O)(=O)N(CC(=O)N[C@@H]2C[C@H]3CC[C@H]2C3)c2ccc(Cl)c(Cl)c2)cc1. The number of aryl methyl sites for hydroxylation is 1. The maximum atomic E-state index is 13.4. The lowest BCUT2D eigenvalue weighted by atomic mass is 9.95. The zero-order chi connectivity index (χ0) is 21.5. The van der Waals surface area contributed by atoms with E-state index in [4.69, 9.17) is 23.2 Å². The highest BCUT2D eigenvalue weighted by atomic mass is 35.5. The first kappa shape index (κ1) is 21.5. The van der Waals surface area contributed by atoms with Crippen LogP contribution >= 0.6 is 23.2 Å². The minimum Gasteiger partial charge on any atom is -0.352 e. The Balaban J connectivity index is 1.62. The molecule has 0 heterocycles. The van der Waals surface area contributed by atoms with Crippen LogP contribution in [0.4, 0.5) is 5.69 Å². The average Bonchev–Trinajstić information content (AvgIpc) is 3.32. The predicted molar refractivity (Wildman–Crippen MR) is 120 cm³/mol. The van der Waals surface area contributed by atoms with Gasteiger partial charge in [-0.2, -0.15) is 0 Å². The number of hydrogen-bond acceptors (Lipinski definition) is 3. The van der Waals surface area contributed by atoms with Crippen LogP contribution in [0.15, 0.2) is 47.4 Å². The van der Waals surface area contributed by atoms with E-state index in [0.717, 1.165) is 29.1 Å². The molecule has 0 unspecified atom stereocenters. The Bertz CT molecular complexity index is 1060. The van der Waals surface area contributed by atoms with Gasteiger partial charge in [-0.05, 0) is 68.4 Å². The van der Waals surface area contributed by atoms with Crippen molar-refractivity contribution in [3.8, 4) is 0 Å². The molecule has 8 heteroatoms. The molecule has 2 aromatic carbocycles. The normalized spacial score (nSPS) is 22.8. The molecule has 4 rings (SSSR count). The lowest BCUT2D eigenvalue weighted by Gasteiger charge is -2.27. The van der Waals surface area contributed by atoms with Gasteiger partial charge in [0.1, 0.15) is 6.54 Å². The van der Waals surface area contributed by atoms with Crippen LogP contribution in [0.1, 0.15) is 31.2 Å². The van der Waals surface area contributed by atoms with Gasteiger partial charge in [0, 0.05) is 6.04 Å². The summed E-state index contributed by atoms with van der Waals surface area (Å²) in [4.78, 5) is 13.0. The standard InChI is InChI=1S/C22H24Cl2N2O3S/c1-14-2-7-18(8-3-14)30(28,29)26(17-6-9-19(23)20(24)12-17)13-22(27)25-21-11-15-4-5-16(21)10-15/h2-3,6-9,12,15-16,21H,4-5,10-11,13H2,1H3,(H,25,27)/t15-,16-,21+/m0/s1. The first-order valence-corrected chi connectivity index (χ1v) is 12.3. The monoisotopic (exact) mass is 466 g/mol. The van der Waals surface area contributed by atoms with Crippen LogP contribution in [0, 0.1) is 18.8 Å². The quantitative estimate of drug-likeness (QED) is 0.664. The molecule has 1 amide bonds. The van der Waals surface area contributed by atoms with E-state index < -0.39 is 10.0 Å². The van der Waals surface area contributed by atoms with E-state index in [0.29, 0.717) is 22.5 Å². The van der Waals surface area contributed by atoms with Crippen LogP contribution in [0.2, 0.25) is 10.0 Å². The highest BCUT2D eigenvalue weighted by molar-refractivity contribution is 7.92. The molecule has 2 aliphatic carbocycles. The van der Waals surface area contributed by atoms with E-state index in [1.165, 1.54) is 18.6 Å². The fraction of sp³-hybridized carbons (Fsp3) is 0.409. The first-order valence-electron chi connectivity index (χ1n) is 10.1. The number of carbonyl (C=O) groups is 1. The van der Waals surface area contributed by atoms with Crippen molar-refractivity contribution in [2.75, 3.05) is 10.8 Å². The number of hydrogen-bond donors (Lipinski definition) is 1. The number of amides is 1. The fourth-order valence-electron chi connectivity index (χ4n) is 4.60. The molecular formula is C22H24Cl2N2O3S. The summed E-state index contributed by atoms with van der Waals surface area (Å²) in [6.45, 7) is 1.57. The molecule has 1 N–H and O–H groups in total. The van der Waals surface area contributed by atoms with Gasteiger partial charge in [0.15, 0.2) is 0 Å². The van der Waals surface area contributed by atoms with Gasteiger partial charge in [0.05, 0.1) is 20.6 Å². The Morgan fingerprint density at radius 3 is 2.40 bits per heavy atom. The molecule has 0 aromatic heterocycles. The van der Waals surface area contributed by atoms with E-state index >= 15 is 0 Å². The van der Waals surface area contributed by atoms with Crippen molar-refractivity contribution in [2.24, 2.45) is 11.8 Å². The number of carbonyl (C=O) groups excluding carboxylic acids is 1. The minimum absolute atomic E-state index is 0.117. The van der Waals surface area contributed by atoms with Crippen LogP contribution in [-0.2, 0) is 14.8 Å². The van der Waals surface area contributed by atoms with Gasteiger partial charge in [-0.3, -0.25) is 9.10 Å². The summed E-state index contributed by atoms with van der Waals surface area (Å²) in [5.41, 5.74) is 1.25. The van der Waals surface area contributed by atoms with E-state index in [1.54, 1.807) is 30.3 Å². The Labute approximate surface area is 187 Å². The highest BCUT2D eigenvalue weighted by Crippen LogP contribution is 2.44. The number of sulfonamides is 1. The van der Waals surface area contributed by atoms with Crippen LogP contribution in [0.5, 0.6) is 0 Å². The Morgan fingerprint density at radius 1 is 1.07 bits per heavy atom. The number of halogens is 2. The van der Waals surface area contributed by atoms with Gasteiger partial charge in [-0.1, -0.05) is 47.3 Å². The molecule has 160 valence electrons. The van der Waals surface area contributed by atoms with Crippen LogP contribution in [-0.4, -0.2) is 26.9 Å². The molecule has 2 bridgehead atoms. The molecule has 2 aromatic rings. The van der Waals surface area contributed by atoms with Crippen molar-refractivity contribution in [1.82, 2.24) is 5.32 Å². The summed E-state index contributed by atoms with van der Waals surface area (Å²) in [5, 5.41) is 3.61. The molecule has 5 nitrogen and oxygen atoms in total. The summed E-state index contributed by atoms with van der Waals surface area (Å²) in [7, 11) is -3.97. The average molecular weight is 467 g/mol. The molecule has 0 saturated heterocycles. The third-order valence-corrected chi connectivity index (χ3v) is 8.70. The Morgan fingerprint density at radius 2 is 1.80 bits per heavy atom. The Kier molecular flexibility index (Phi) is 6.02. The molecule has 2 fully saturated rings. The molecule has 2 aliphatic rings. The summed E-state index contributed by atoms with van der Waals surface area (Å²) in [6, 6.07) is 11.3. The number of nitrogens with zero attached hydrogens (tertiary/aromatic N) is 1. The summed E-state index contributed by atoms with van der Waals surface area (Å²) >= 11 is 12.1. The maximum absolute atomic E-state index is 13.4. The lowest BCUT2D eigenvalue weighted by Crippen LogP contribution is -2.46. The molecule has 3 atom stereocenters. The summed E-state index contributed by atoms with van der Waals surface area (Å²) in [5.74, 6) is 0.878. The zero-order valence-electron chi connectivity index (χ0n) is 16.6. The van der Waals surface area contributed by atoms with Crippen molar-refractivity contribution in [2.45, 2.75) is 43.5 Å². The fourth-order valence-corrected chi connectivity index (χ4v) is 6.30. The van der Waals surface area contributed by atoms with E-state index in [9.17, 15) is 13.2 Å². The molecule has 0 radical (unpaired) electrons. The van der Waals surface area contributed by atoms with Gasteiger partial charge in [0.2, 0.25) is 5.91 Å². The van der Waals surface area contributed by atoms with E-state index in [-0.39, 0.29) is 28.4 Å². The van der Waals surface area contributed by atoms with Crippen molar-refractivity contribution in [1.29, 1.82) is 0 Å². The highest BCUT2D eigenvalue weighted by Gasteiger charge is 2.40. The lowest BCUT2D eigenvalue weighted by molar-refractivity contribution is -0.120. The second-order valence-electron chi connectivity index (χ2n) is 8.27. The van der Waals surface area contributed by atoms with Gasteiger partial charge in [-0.25, -0.2) is 8.42 Å². The van der Waals surface area contributed by atoms with E-state index in [1.807, 2.05) is 6.92 Å².